The van der Waals surface area contributed by atoms with Gasteiger partial charge in [0, 0.05) is 10.4 Å². The third-order valence-corrected chi connectivity index (χ3v) is 7.85. The Morgan fingerprint density at radius 3 is 1.17 bits per heavy atom. The van der Waals surface area contributed by atoms with Gasteiger partial charge in [-0.1, -0.05) is 84.9 Å². The average molecular weight is 399 g/mol. The molecule has 0 bridgehead atoms. The van der Waals surface area contributed by atoms with Crippen molar-refractivity contribution in [3.8, 4) is 11.5 Å². The minimum absolute atomic E-state index is 0.556. The highest BCUT2D eigenvalue weighted by molar-refractivity contribution is 6.93. The van der Waals surface area contributed by atoms with Gasteiger partial charge in [0.05, 0.1) is 11.4 Å². The van der Waals surface area contributed by atoms with Crippen LogP contribution in [0.3, 0.4) is 0 Å². The van der Waals surface area contributed by atoms with Gasteiger partial charge in [0.15, 0.2) is 0 Å². The maximum absolute atomic E-state index is 6.70. The first kappa shape index (κ1) is 18.7. The number of para-hydroxylation sites is 4. The molecule has 0 radical (unpaired) electrons. The van der Waals surface area contributed by atoms with E-state index in [9.17, 15) is 0 Å². The van der Waals surface area contributed by atoms with Gasteiger partial charge in [-0.05, 0) is 24.3 Å². The van der Waals surface area contributed by atoms with E-state index in [0.29, 0.717) is 22.9 Å². The van der Waals surface area contributed by atoms with Crippen molar-refractivity contribution in [3.63, 3.8) is 0 Å². The number of hydrogen-bond donors (Lipinski definition) is 2. The van der Waals surface area contributed by atoms with Gasteiger partial charge < -0.3 is 20.3 Å². The largest absolute Gasteiger partial charge is 0.531 e. The number of anilines is 2. The van der Waals surface area contributed by atoms with Gasteiger partial charge in [-0.2, -0.15) is 0 Å². The Bertz CT molecular complexity index is 999. The van der Waals surface area contributed by atoms with Crippen molar-refractivity contribution in [1.82, 2.24) is 0 Å². The molecule has 144 valence electrons. The lowest BCUT2D eigenvalue weighted by Crippen LogP contribution is -2.68. The Kier molecular flexibility index (Phi) is 5.22. The standard InChI is InChI=1S/C24H22N2O2Si/c25-21-15-7-9-17-23(21)27-29(19-11-3-1-4-12-19,20-13-5-2-6-14-20)28-24-18-10-8-16-22(24)26/h1-18H,25-26H2. The van der Waals surface area contributed by atoms with Gasteiger partial charge in [-0.25, -0.2) is 0 Å². The van der Waals surface area contributed by atoms with Crippen LogP contribution in [0.1, 0.15) is 0 Å². The van der Waals surface area contributed by atoms with E-state index in [1.807, 2.05) is 109 Å². The molecule has 0 aromatic heterocycles. The number of nitrogen functional groups attached to an aromatic ring is 2. The summed E-state index contributed by atoms with van der Waals surface area (Å²) < 4.78 is 13.4. The summed E-state index contributed by atoms with van der Waals surface area (Å²) in [7, 11) is -3.25. The average Bonchev–Trinajstić information content (AvgIpc) is 2.77. The third-order valence-electron chi connectivity index (χ3n) is 4.65. The second-order valence-electron chi connectivity index (χ2n) is 6.63. The van der Waals surface area contributed by atoms with Crippen molar-refractivity contribution >= 4 is 30.3 Å². The summed E-state index contributed by atoms with van der Waals surface area (Å²) >= 11 is 0. The smallest absolute Gasteiger partial charge is 0.504 e. The van der Waals surface area contributed by atoms with Crippen LogP contribution in [0.25, 0.3) is 0 Å². The fraction of sp³-hybridized carbons (Fsp3) is 0. The predicted octanol–water partition coefficient (Wildman–Crippen LogP) is 3.57. The number of rotatable bonds is 6. The molecule has 4 aromatic carbocycles. The van der Waals surface area contributed by atoms with Crippen LogP contribution in [0.4, 0.5) is 11.4 Å². The molecule has 4 rings (SSSR count). The van der Waals surface area contributed by atoms with Crippen LogP contribution in [0.2, 0.25) is 0 Å². The molecule has 0 heterocycles. The molecule has 4 aromatic rings. The molecule has 0 spiro atoms. The van der Waals surface area contributed by atoms with Crippen LogP contribution in [0.15, 0.2) is 109 Å². The molecule has 5 heteroatoms. The van der Waals surface area contributed by atoms with Crippen LogP contribution >= 0.6 is 0 Å². The molecule has 0 saturated heterocycles. The van der Waals surface area contributed by atoms with Crippen LogP contribution in [0, 0.1) is 0 Å². The number of hydrogen-bond acceptors (Lipinski definition) is 4. The molecule has 29 heavy (non-hydrogen) atoms. The Morgan fingerprint density at radius 2 is 0.793 bits per heavy atom. The predicted molar refractivity (Wildman–Crippen MR) is 121 cm³/mol. The van der Waals surface area contributed by atoms with Gasteiger partial charge in [0.1, 0.15) is 11.5 Å². The highest BCUT2D eigenvalue weighted by Crippen LogP contribution is 2.28. The highest BCUT2D eigenvalue weighted by Gasteiger charge is 2.48. The minimum atomic E-state index is -3.25. The van der Waals surface area contributed by atoms with E-state index in [1.165, 1.54) is 0 Å². The summed E-state index contributed by atoms with van der Waals surface area (Å²) in [6, 6.07) is 34.9. The zero-order valence-electron chi connectivity index (χ0n) is 15.9. The van der Waals surface area contributed by atoms with Crippen molar-refractivity contribution in [2.45, 2.75) is 0 Å². The highest BCUT2D eigenvalue weighted by atomic mass is 28.4. The van der Waals surface area contributed by atoms with Crippen molar-refractivity contribution in [2.75, 3.05) is 11.5 Å². The first-order valence-electron chi connectivity index (χ1n) is 9.37. The van der Waals surface area contributed by atoms with Gasteiger partial charge in [-0.15, -0.1) is 0 Å². The molecule has 0 unspecified atom stereocenters. The first-order valence-corrected chi connectivity index (χ1v) is 11.2. The van der Waals surface area contributed by atoms with Gasteiger partial charge in [0.25, 0.3) is 0 Å². The lowest BCUT2D eigenvalue weighted by molar-refractivity contribution is 0.419. The van der Waals surface area contributed by atoms with Crippen molar-refractivity contribution in [1.29, 1.82) is 0 Å². The van der Waals surface area contributed by atoms with Crippen LogP contribution in [-0.2, 0) is 0 Å². The van der Waals surface area contributed by atoms with Gasteiger partial charge >= 0.3 is 8.56 Å². The van der Waals surface area contributed by atoms with Gasteiger partial charge in [0.2, 0.25) is 0 Å². The molecule has 0 saturated carbocycles. The summed E-state index contributed by atoms with van der Waals surface area (Å²) in [5, 5.41) is 1.91. The quantitative estimate of drug-likeness (QED) is 0.385. The summed E-state index contributed by atoms with van der Waals surface area (Å²) in [4.78, 5) is 0. The molecular formula is C24H22N2O2Si. The van der Waals surface area contributed by atoms with E-state index in [0.717, 1.165) is 10.4 Å². The zero-order chi connectivity index (χ0) is 20.1. The Labute approximate surface area is 171 Å². The SMILES string of the molecule is Nc1ccccc1O[Si](Oc1ccccc1N)(c1ccccc1)c1ccccc1. The maximum Gasteiger partial charge on any atom is 0.531 e. The van der Waals surface area contributed by atoms with Crippen LogP contribution in [-0.4, -0.2) is 8.56 Å². The minimum Gasteiger partial charge on any atom is -0.504 e. The van der Waals surface area contributed by atoms with E-state index in [4.69, 9.17) is 20.3 Å². The molecule has 4 nitrogen and oxygen atoms in total. The van der Waals surface area contributed by atoms with E-state index in [2.05, 4.69) is 0 Å². The van der Waals surface area contributed by atoms with Crippen molar-refractivity contribution in [2.24, 2.45) is 0 Å². The fourth-order valence-electron chi connectivity index (χ4n) is 3.19. The first-order chi connectivity index (χ1) is 14.2. The van der Waals surface area contributed by atoms with Gasteiger partial charge in [-0.3, -0.25) is 0 Å². The summed E-state index contributed by atoms with van der Waals surface area (Å²) in [5.41, 5.74) is 13.6. The zero-order valence-corrected chi connectivity index (χ0v) is 16.9. The molecule has 0 atom stereocenters. The Balaban J connectivity index is 1.94. The Hall–Kier alpha value is -3.70. The second-order valence-corrected chi connectivity index (χ2v) is 9.42. The lowest BCUT2D eigenvalue weighted by Gasteiger charge is -2.33. The van der Waals surface area contributed by atoms with Crippen LogP contribution in [0.5, 0.6) is 11.5 Å². The van der Waals surface area contributed by atoms with E-state index in [-0.39, 0.29) is 0 Å². The number of benzene rings is 4. The second kappa shape index (κ2) is 8.12. The van der Waals surface area contributed by atoms with E-state index in [1.54, 1.807) is 0 Å². The van der Waals surface area contributed by atoms with E-state index >= 15 is 0 Å². The molecule has 0 aliphatic heterocycles. The van der Waals surface area contributed by atoms with Crippen LogP contribution < -0.4 is 30.7 Å². The molecule has 0 aliphatic carbocycles. The molecule has 0 amide bonds. The van der Waals surface area contributed by atoms with Crippen molar-refractivity contribution in [3.05, 3.63) is 109 Å². The lowest BCUT2D eigenvalue weighted by atomic mass is 10.3. The topological polar surface area (TPSA) is 70.5 Å². The van der Waals surface area contributed by atoms with E-state index < -0.39 is 8.56 Å². The summed E-state index contributed by atoms with van der Waals surface area (Å²) in [6.07, 6.45) is 0. The fourth-order valence-corrected chi connectivity index (χ4v) is 6.30. The summed E-state index contributed by atoms with van der Waals surface area (Å²) in [5.74, 6) is 1.17. The Morgan fingerprint density at radius 1 is 0.448 bits per heavy atom. The molecule has 0 aliphatic rings. The number of nitrogens with two attached hydrogens (primary N) is 2. The molecule has 0 fully saturated rings. The third kappa shape index (κ3) is 3.81. The maximum atomic E-state index is 6.70. The summed E-state index contributed by atoms with van der Waals surface area (Å²) in [6.45, 7) is 0. The normalized spacial score (nSPS) is 11.0. The molecule has 4 N–H and O–H groups in total. The van der Waals surface area contributed by atoms with Crippen molar-refractivity contribution < 1.29 is 8.85 Å². The monoisotopic (exact) mass is 398 g/mol. The molecular weight excluding hydrogens is 376 g/mol.